The fraction of sp³-hybridized carbons (Fsp3) is 0.273. The largest absolute Gasteiger partial charge is 0.340 e. The highest BCUT2D eigenvalue weighted by Crippen LogP contribution is 2.37. The molecule has 9 nitrogen and oxygen atoms in total. The van der Waals surface area contributed by atoms with Gasteiger partial charge < -0.3 is 19.8 Å². The average Bonchev–Trinajstić information content (AvgIpc) is 4.02. The van der Waals surface area contributed by atoms with Gasteiger partial charge in [-0.25, -0.2) is 9.97 Å². The lowest BCUT2D eigenvalue weighted by molar-refractivity contribution is -0.132. The molecular weight excluding hydrogens is 693 g/mol. The van der Waals surface area contributed by atoms with Crippen LogP contribution in [0.25, 0.3) is 33.6 Å². The third kappa shape index (κ3) is 7.57. The van der Waals surface area contributed by atoms with E-state index in [2.05, 4.69) is 65.4 Å². The summed E-state index contributed by atoms with van der Waals surface area (Å²) in [6.07, 6.45) is 7.59. The molecule has 10 heteroatoms. The summed E-state index contributed by atoms with van der Waals surface area (Å²) in [6.45, 7) is 3.39. The third-order valence-electron chi connectivity index (χ3n) is 10.8. The van der Waals surface area contributed by atoms with Crippen LogP contribution in [0.5, 0.6) is 0 Å². The molecule has 0 bridgehead atoms. The number of likely N-dealkylation sites (tertiary alicyclic amines) is 2. The van der Waals surface area contributed by atoms with Crippen LogP contribution < -0.4 is 0 Å². The van der Waals surface area contributed by atoms with Crippen LogP contribution in [-0.4, -0.2) is 70.4 Å². The summed E-state index contributed by atoms with van der Waals surface area (Å²) in [5.41, 5.74) is 7.99. The number of H-pyrrole nitrogens is 2. The summed E-state index contributed by atoms with van der Waals surface area (Å²) >= 11 is 0. The van der Waals surface area contributed by atoms with Gasteiger partial charge in [-0.3, -0.25) is 13.8 Å². The molecule has 54 heavy (non-hydrogen) atoms. The number of carbonyl (C=O) groups excluding carboxylic acids is 2. The lowest BCUT2D eigenvalue weighted by Gasteiger charge is -2.23. The Kier molecular flexibility index (Phi) is 10.1. The maximum absolute atomic E-state index is 13.4. The molecule has 6 aromatic rings. The maximum atomic E-state index is 13.4. The lowest BCUT2D eigenvalue weighted by Crippen LogP contribution is -2.33. The second-order valence-corrected chi connectivity index (χ2v) is 16.3. The molecule has 2 aliphatic rings. The summed E-state index contributed by atoms with van der Waals surface area (Å²) in [6, 6.07) is 36.1. The van der Waals surface area contributed by atoms with Crippen molar-refractivity contribution in [1.82, 2.24) is 29.7 Å². The molecule has 2 aromatic heterocycles. The van der Waals surface area contributed by atoms with Crippen molar-refractivity contribution in [2.75, 3.05) is 19.3 Å². The van der Waals surface area contributed by atoms with Crippen molar-refractivity contribution < 1.29 is 13.8 Å². The predicted octanol–water partition coefficient (Wildman–Crippen LogP) is 7.55. The van der Waals surface area contributed by atoms with Gasteiger partial charge in [0.1, 0.15) is 11.6 Å². The van der Waals surface area contributed by atoms with Crippen molar-refractivity contribution in [3.8, 4) is 33.6 Å². The summed E-state index contributed by atoms with van der Waals surface area (Å²) in [5.74, 6) is 2.10. The number of nitrogens with zero attached hydrogens (tertiary/aromatic N) is 4. The number of aromatic nitrogens is 4. The second kappa shape index (κ2) is 15.4. The van der Waals surface area contributed by atoms with E-state index < -0.39 is 10.8 Å². The van der Waals surface area contributed by atoms with Gasteiger partial charge in [0, 0.05) is 30.1 Å². The molecule has 2 N–H and O–H groups in total. The summed E-state index contributed by atoms with van der Waals surface area (Å²) in [7, 11) is -1.05. The zero-order valence-corrected chi connectivity index (χ0v) is 31.3. The van der Waals surface area contributed by atoms with E-state index in [1.165, 1.54) is 0 Å². The van der Waals surface area contributed by atoms with Gasteiger partial charge in [0.05, 0.1) is 54.0 Å². The van der Waals surface area contributed by atoms with Gasteiger partial charge >= 0.3 is 0 Å². The first-order valence-corrected chi connectivity index (χ1v) is 20.2. The first kappa shape index (κ1) is 35.4. The molecule has 0 saturated carbocycles. The van der Waals surface area contributed by atoms with Gasteiger partial charge in [-0.15, -0.1) is 0 Å². The molecule has 274 valence electrons. The minimum absolute atomic E-state index is 0.0153. The first-order valence-electron chi connectivity index (χ1n) is 18.6. The van der Waals surface area contributed by atoms with Crippen molar-refractivity contribution in [2.24, 2.45) is 5.92 Å². The number of amides is 2. The van der Waals surface area contributed by atoms with Gasteiger partial charge in [0.15, 0.2) is 0 Å². The standard InChI is InChI=1S/C44H44N6O3S/c1-29-21-39(49(27-29)41(51)22-30-9-5-3-6-10-30)43-45-25-37(47-43)34-17-13-32(14-18-34)33-15-19-35(20-16-33)38-26-46-44(48-38)40-24-36(54(2)53)28-50(40)42(52)23-31-11-7-4-8-12-31/h3-20,25-26,29,36,39-40H,21-24,27-28H2,1-2H3,(H,45,47)(H,46,48). The minimum atomic E-state index is -1.05. The molecule has 2 fully saturated rings. The van der Waals surface area contributed by atoms with Crippen molar-refractivity contribution >= 4 is 22.6 Å². The highest BCUT2D eigenvalue weighted by atomic mass is 32.2. The van der Waals surface area contributed by atoms with E-state index in [0.29, 0.717) is 31.7 Å². The van der Waals surface area contributed by atoms with E-state index in [1.807, 2.05) is 82.9 Å². The Morgan fingerprint density at radius 3 is 1.52 bits per heavy atom. The number of benzene rings is 4. The number of nitrogens with one attached hydrogen (secondary N) is 2. The van der Waals surface area contributed by atoms with Gasteiger partial charge in [-0.05, 0) is 52.1 Å². The molecule has 2 amide bonds. The lowest BCUT2D eigenvalue weighted by atomic mass is 10.0. The molecule has 4 heterocycles. The Bertz CT molecular complexity index is 2250. The highest BCUT2D eigenvalue weighted by molar-refractivity contribution is 7.84. The average molecular weight is 737 g/mol. The quantitative estimate of drug-likeness (QED) is 0.151. The predicted molar refractivity (Wildman–Crippen MR) is 212 cm³/mol. The van der Waals surface area contributed by atoms with Crippen molar-refractivity contribution in [1.29, 1.82) is 0 Å². The maximum Gasteiger partial charge on any atom is 0.227 e. The number of rotatable bonds is 10. The molecule has 2 saturated heterocycles. The van der Waals surface area contributed by atoms with Crippen LogP contribution in [0, 0.1) is 5.92 Å². The zero-order chi connectivity index (χ0) is 37.2. The van der Waals surface area contributed by atoms with Crippen LogP contribution in [0.4, 0.5) is 0 Å². The van der Waals surface area contributed by atoms with Crippen LogP contribution in [-0.2, 0) is 33.2 Å². The van der Waals surface area contributed by atoms with Crippen LogP contribution in [0.2, 0.25) is 0 Å². The molecule has 0 radical (unpaired) electrons. The third-order valence-corrected chi connectivity index (χ3v) is 12.1. The van der Waals surface area contributed by atoms with Gasteiger partial charge in [0.25, 0.3) is 0 Å². The van der Waals surface area contributed by atoms with Crippen molar-refractivity contribution in [3.05, 3.63) is 144 Å². The van der Waals surface area contributed by atoms with Crippen LogP contribution in [0.1, 0.15) is 54.6 Å². The smallest absolute Gasteiger partial charge is 0.227 e. The Labute approximate surface area is 318 Å². The summed E-state index contributed by atoms with van der Waals surface area (Å²) in [4.78, 5) is 47.0. The Morgan fingerprint density at radius 2 is 1.06 bits per heavy atom. The van der Waals surface area contributed by atoms with E-state index in [9.17, 15) is 13.8 Å². The molecule has 5 atom stereocenters. The fourth-order valence-electron chi connectivity index (χ4n) is 7.89. The number of carbonyl (C=O) groups is 2. The zero-order valence-electron chi connectivity index (χ0n) is 30.5. The fourth-order valence-corrected chi connectivity index (χ4v) is 8.71. The van der Waals surface area contributed by atoms with Crippen molar-refractivity contribution in [3.63, 3.8) is 0 Å². The Hall–Kier alpha value is -5.61. The van der Waals surface area contributed by atoms with E-state index in [4.69, 9.17) is 9.97 Å². The molecular formula is C44H44N6O3S. The van der Waals surface area contributed by atoms with Crippen LogP contribution in [0.3, 0.4) is 0 Å². The monoisotopic (exact) mass is 736 g/mol. The van der Waals surface area contributed by atoms with E-state index >= 15 is 0 Å². The molecule has 2 aliphatic heterocycles. The summed E-state index contributed by atoms with van der Waals surface area (Å²) < 4.78 is 12.5. The molecule has 0 spiro atoms. The number of hydrogen-bond donors (Lipinski definition) is 2. The first-order chi connectivity index (χ1) is 26.3. The van der Waals surface area contributed by atoms with Gasteiger partial charge in [-0.1, -0.05) is 116 Å². The van der Waals surface area contributed by atoms with Crippen LogP contribution in [0.15, 0.2) is 122 Å². The Balaban J connectivity index is 0.933. The topological polar surface area (TPSA) is 115 Å². The molecule has 5 unspecified atom stereocenters. The SMILES string of the molecule is CC1CC(c2ncc(-c3ccc(-c4ccc(-c5cnc(C6CC(S(C)=O)CN6C(=O)Cc6ccccc6)[nH]5)cc4)cc3)[nH]2)N(C(=O)Cc2ccccc2)C1. The van der Waals surface area contributed by atoms with Gasteiger partial charge in [-0.2, -0.15) is 0 Å². The second-order valence-electron chi connectivity index (χ2n) is 14.7. The number of aromatic amines is 2. The minimum Gasteiger partial charge on any atom is -0.340 e. The van der Waals surface area contributed by atoms with E-state index in [1.54, 1.807) is 6.26 Å². The number of imidazole rings is 2. The normalized spacial score (nSPS) is 20.3. The molecule has 0 aliphatic carbocycles. The van der Waals surface area contributed by atoms with Crippen LogP contribution >= 0.6 is 0 Å². The van der Waals surface area contributed by atoms with Gasteiger partial charge in [0.2, 0.25) is 11.8 Å². The molecule has 8 rings (SSSR count). The highest BCUT2D eigenvalue weighted by Gasteiger charge is 2.39. The van der Waals surface area contributed by atoms with Crippen molar-refractivity contribution in [2.45, 2.75) is 49.9 Å². The molecule has 4 aromatic carbocycles. The summed E-state index contributed by atoms with van der Waals surface area (Å²) in [5, 5.41) is -0.0911. The van der Waals surface area contributed by atoms with E-state index in [-0.39, 0.29) is 29.1 Å². The Morgan fingerprint density at radius 1 is 0.630 bits per heavy atom. The van der Waals surface area contributed by atoms with E-state index in [0.717, 1.165) is 69.4 Å². The number of hydrogen-bond acceptors (Lipinski definition) is 5.